The van der Waals surface area contributed by atoms with Crippen LogP contribution in [-0.2, 0) is 0 Å². The zero-order valence-electron chi connectivity index (χ0n) is 9.52. The Morgan fingerprint density at radius 3 is 2.80 bits per heavy atom. The summed E-state index contributed by atoms with van der Waals surface area (Å²) < 4.78 is 0. The van der Waals surface area contributed by atoms with Crippen molar-refractivity contribution in [3.05, 3.63) is 11.6 Å². The van der Waals surface area contributed by atoms with Crippen LogP contribution in [0.5, 0.6) is 0 Å². The highest BCUT2D eigenvalue weighted by atomic mass is 16.3. The Kier molecular flexibility index (Phi) is 3.47. The molecule has 1 unspecified atom stereocenters. The predicted octanol–water partition coefficient (Wildman–Crippen LogP) is 2.11. The Morgan fingerprint density at radius 1 is 1.33 bits per heavy atom. The maximum atomic E-state index is 9.97. The first-order chi connectivity index (χ1) is 7.27. The zero-order valence-corrected chi connectivity index (χ0v) is 9.52. The lowest BCUT2D eigenvalue weighted by molar-refractivity contribution is 0.0262. The van der Waals surface area contributed by atoms with Crippen molar-refractivity contribution in [2.24, 2.45) is 17.8 Å². The van der Waals surface area contributed by atoms with Crippen LogP contribution in [0, 0.1) is 17.8 Å². The first kappa shape index (κ1) is 11.2. The second-order valence-corrected chi connectivity index (χ2v) is 5.00. The molecular weight excluding hydrogens is 188 g/mol. The molecule has 0 heterocycles. The Bertz CT molecular complexity index is 247. The molecule has 2 N–H and O–H groups in total. The van der Waals surface area contributed by atoms with Gasteiger partial charge in [-0.05, 0) is 31.1 Å². The van der Waals surface area contributed by atoms with Crippen molar-refractivity contribution in [1.82, 2.24) is 0 Å². The molecule has 0 radical (unpaired) electrons. The monoisotopic (exact) mass is 210 g/mol. The van der Waals surface area contributed by atoms with Crippen LogP contribution in [0.4, 0.5) is 0 Å². The van der Waals surface area contributed by atoms with E-state index in [1.54, 1.807) is 0 Å². The molecule has 0 aromatic carbocycles. The Balaban J connectivity index is 2.23. The van der Waals surface area contributed by atoms with Gasteiger partial charge in [0.15, 0.2) is 0 Å². The van der Waals surface area contributed by atoms with E-state index in [0.29, 0.717) is 11.8 Å². The van der Waals surface area contributed by atoms with E-state index < -0.39 is 6.10 Å². The van der Waals surface area contributed by atoms with E-state index in [2.05, 4.69) is 6.92 Å². The third kappa shape index (κ3) is 1.98. The van der Waals surface area contributed by atoms with Crippen LogP contribution in [0.2, 0.25) is 0 Å². The molecule has 1 saturated carbocycles. The fourth-order valence-corrected chi connectivity index (χ4v) is 3.49. The lowest BCUT2D eigenvalue weighted by Gasteiger charge is -2.42. The molecule has 0 amide bonds. The Labute approximate surface area is 92.0 Å². The molecule has 2 aliphatic carbocycles. The second kappa shape index (κ2) is 4.67. The standard InChI is InChI=1S/C13H22O2/c1-2-10-11-6-4-3-5-9(11)7-13(15)12(10)8-14/h7,10-15H,2-6,8H2,1H3/t10?,11-,12+,13+/m0/s1. The van der Waals surface area contributed by atoms with E-state index >= 15 is 0 Å². The van der Waals surface area contributed by atoms with Crippen molar-refractivity contribution in [2.45, 2.75) is 45.1 Å². The highest BCUT2D eigenvalue weighted by Gasteiger charge is 2.38. The van der Waals surface area contributed by atoms with Crippen molar-refractivity contribution in [1.29, 1.82) is 0 Å². The number of fused-ring (bicyclic) bond motifs is 1. The van der Waals surface area contributed by atoms with E-state index in [1.165, 1.54) is 24.8 Å². The van der Waals surface area contributed by atoms with Gasteiger partial charge >= 0.3 is 0 Å². The first-order valence-corrected chi connectivity index (χ1v) is 6.27. The van der Waals surface area contributed by atoms with E-state index in [-0.39, 0.29) is 12.5 Å². The van der Waals surface area contributed by atoms with Crippen molar-refractivity contribution in [3.8, 4) is 0 Å². The fraction of sp³-hybridized carbons (Fsp3) is 0.846. The number of allylic oxidation sites excluding steroid dienone is 1. The molecule has 0 aromatic heterocycles. The van der Waals surface area contributed by atoms with Gasteiger partial charge in [0.2, 0.25) is 0 Å². The summed E-state index contributed by atoms with van der Waals surface area (Å²) in [6.07, 6.45) is 7.69. The third-order valence-electron chi connectivity index (χ3n) is 4.28. The number of rotatable bonds is 2. The minimum Gasteiger partial charge on any atom is -0.396 e. The Hall–Kier alpha value is -0.340. The summed E-state index contributed by atoms with van der Waals surface area (Å²) >= 11 is 0. The molecular formula is C13H22O2. The predicted molar refractivity (Wildman–Crippen MR) is 60.4 cm³/mol. The maximum absolute atomic E-state index is 9.97. The van der Waals surface area contributed by atoms with E-state index in [1.807, 2.05) is 6.08 Å². The van der Waals surface area contributed by atoms with Crippen LogP contribution in [-0.4, -0.2) is 22.9 Å². The van der Waals surface area contributed by atoms with Gasteiger partial charge in [-0.1, -0.05) is 31.4 Å². The normalized spacial score (nSPS) is 40.9. The molecule has 2 aliphatic rings. The summed E-state index contributed by atoms with van der Waals surface area (Å²) in [6.45, 7) is 2.30. The summed E-state index contributed by atoms with van der Waals surface area (Å²) in [5.74, 6) is 1.21. The lowest BCUT2D eigenvalue weighted by atomic mass is 9.65. The average molecular weight is 210 g/mol. The molecule has 1 fully saturated rings. The quantitative estimate of drug-likeness (QED) is 0.685. The lowest BCUT2D eigenvalue weighted by Crippen LogP contribution is -2.39. The highest BCUT2D eigenvalue weighted by molar-refractivity contribution is 5.18. The molecule has 86 valence electrons. The maximum Gasteiger partial charge on any atom is 0.0776 e. The van der Waals surface area contributed by atoms with Crippen LogP contribution in [0.3, 0.4) is 0 Å². The number of hydrogen-bond acceptors (Lipinski definition) is 2. The summed E-state index contributed by atoms with van der Waals surface area (Å²) in [7, 11) is 0. The van der Waals surface area contributed by atoms with Gasteiger partial charge < -0.3 is 10.2 Å². The van der Waals surface area contributed by atoms with Gasteiger partial charge in [-0.25, -0.2) is 0 Å². The number of hydrogen-bond donors (Lipinski definition) is 2. The van der Waals surface area contributed by atoms with E-state index in [0.717, 1.165) is 12.8 Å². The SMILES string of the molecule is CCC1[C@@H](CO)[C@H](O)C=C2CCCC[C@@H]21. The van der Waals surface area contributed by atoms with Gasteiger partial charge in [-0.2, -0.15) is 0 Å². The van der Waals surface area contributed by atoms with Crippen LogP contribution in [0.25, 0.3) is 0 Å². The molecule has 2 rings (SSSR count). The van der Waals surface area contributed by atoms with Crippen LogP contribution >= 0.6 is 0 Å². The highest BCUT2D eigenvalue weighted by Crippen LogP contribution is 2.44. The van der Waals surface area contributed by atoms with Gasteiger partial charge in [0.1, 0.15) is 0 Å². The van der Waals surface area contributed by atoms with Crippen molar-refractivity contribution < 1.29 is 10.2 Å². The topological polar surface area (TPSA) is 40.5 Å². The van der Waals surface area contributed by atoms with Gasteiger partial charge in [-0.15, -0.1) is 0 Å². The van der Waals surface area contributed by atoms with Crippen LogP contribution in [0.15, 0.2) is 11.6 Å². The fourth-order valence-electron chi connectivity index (χ4n) is 3.49. The van der Waals surface area contributed by atoms with Crippen molar-refractivity contribution in [2.75, 3.05) is 6.61 Å². The number of aliphatic hydroxyl groups is 2. The minimum atomic E-state index is -0.413. The molecule has 0 spiro atoms. The summed E-state index contributed by atoms with van der Waals surface area (Å²) in [5, 5.41) is 19.3. The molecule has 4 atom stereocenters. The molecule has 0 saturated heterocycles. The molecule has 2 heteroatoms. The molecule has 15 heavy (non-hydrogen) atoms. The summed E-state index contributed by atoms with van der Waals surface area (Å²) in [5.41, 5.74) is 1.46. The molecule has 2 nitrogen and oxygen atoms in total. The largest absolute Gasteiger partial charge is 0.396 e. The van der Waals surface area contributed by atoms with E-state index in [9.17, 15) is 10.2 Å². The molecule has 0 aromatic rings. The van der Waals surface area contributed by atoms with Gasteiger partial charge in [0, 0.05) is 12.5 Å². The smallest absolute Gasteiger partial charge is 0.0776 e. The summed E-state index contributed by atoms with van der Waals surface area (Å²) in [4.78, 5) is 0. The number of aliphatic hydroxyl groups excluding tert-OH is 2. The summed E-state index contributed by atoms with van der Waals surface area (Å²) in [6, 6.07) is 0. The first-order valence-electron chi connectivity index (χ1n) is 6.27. The average Bonchev–Trinajstić information content (AvgIpc) is 2.27. The van der Waals surface area contributed by atoms with Crippen molar-refractivity contribution in [3.63, 3.8) is 0 Å². The van der Waals surface area contributed by atoms with Crippen molar-refractivity contribution >= 4 is 0 Å². The van der Waals surface area contributed by atoms with Crippen LogP contribution < -0.4 is 0 Å². The Morgan fingerprint density at radius 2 is 2.13 bits per heavy atom. The molecule has 0 aliphatic heterocycles. The minimum absolute atomic E-state index is 0.0712. The second-order valence-electron chi connectivity index (χ2n) is 5.00. The van der Waals surface area contributed by atoms with Gasteiger partial charge in [0.25, 0.3) is 0 Å². The van der Waals surface area contributed by atoms with Gasteiger partial charge in [0.05, 0.1) is 6.10 Å². The van der Waals surface area contributed by atoms with Crippen LogP contribution in [0.1, 0.15) is 39.0 Å². The van der Waals surface area contributed by atoms with Gasteiger partial charge in [-0.3, -0.25) is 0 Å². The van der Waals surface area contributed by atoms with E-state index in [4.69, 9.17) is 0 Å². The molecule has 0 bridgehead atoms. The zero-order chi connectivity index (χ0) is 10.8. The third-order valence-corrected chi connectivity index (χ3v) is 4.28.